The zero-order chi connectivity index (χ0) is 13.7. The average molecular weight is 255 g/mol. The molecule has 0 bridgehead atoms. The van der Waals surface area contributed by atoms with Crippen LogP contribution < -0.4 is 16.4 Å². The Morgan fingerprint density at radius 3 is 2.18 bits per heavy atom. The fraction of sp³-hybridized carbons (Fsp3) is 0.900. The highest BCUT2D eigenvalue weighted by Gasteiger charge is 2.29. The van der Waals surface area contributed by atoms with Crippen molar-refractivity contribution in [3.05, 3.63) is 0 Å². The van der Waals surface area contributed by atoms with Crippen molar-refractivity contribution in [3.63, 3.8) is 0 Å². The van der Waals surface area contributed by atoms with Crippen LogP contribution in [0.15, 0.2) is 0 Å². The summed E-state index contributed by atoms with van der Waals surface area (Å²) >= 11 is 0. The summed E-state index contributed by atoms with van der Waals surface area (Å²) in [6.07, 6.45) is -3.88. The number of urea groups is 1. The second kappa shape index (κ2) is 6.09. The number of alkyl halides is 3. The molecule has 4 nitrogen and oxygen atoms in total. The summed E-state index contributed by atoms with van der Waals surface area (Å²) in [5.74, 6) is 0. The van der Waals surface area contributed by atoms with Crippen LogP contribution in [0.25, 0.3) is 0 Å². The van der Waals surface area contributed by atoms with Gasteiger partial charge in [-0.05, 0) is 18.4 Å². The van der Waals surface area contributed by atoms with E-state index in [0.717, 1.165) is 0 Å². The first-order valence-corrected chi connectivity index (χ1v) is 5.37. The number of amides is 2. The molecule has 0 aliphatic rings. The van der Waals surface area contributed by atoms with Crippen molar-refractivity contribution in [2.45, 2.75) is 39.4 Å². The van der Waals surface area contributed by atoms with Crippen LogP contribution in [0.2, 0.25) is 0 Å². The molecule has 0 spiro atoms. The third kappa shape index (κ3) is 7.84. The molecule has 7 heteroatoms. The predicted molar refractivity (Wildman–Crippen MR) is 59.5 cm³/mol. The molecule has 0 aliphatic heterocycles. The van der Waals surface area contributed by atoms with Gasteiger partial charge in [0.05, 0.1) is 0 Å². The van der Waals surface area contributed by atoms with Gasteiger partial charge in [0.15, 0.2) is 0 Å². The number of carbonyl (C=O) groups excluding carboxylic acids is 1. The Bertz CT molecular complexity index is 248. The summed E-state index contributed by atoms with van der Waals surface area (Å²) in [7, 11) is 0. The minimum absolute atomic E-state index is 0.255. The van der Waals surface area contributed by atoms with Crippen LogP contribution in [0.4, 0.5) is 18.0 Å². The SMILES string of the molecule is CC(C)(C)C(CCN)NC(=O)NCC(F)(F)F. The largest absolute Gasteiger partial charge is 0.405 e. The molecule has 0 heterocycles. The number of nitrogens with one attached hydrogen (secondary N) is 2. The Kier molecular flexibility index (Phi) is 5.74. The van der Waals surface area contributed by atoms with E-state index in [4.69, 9.17) is 5.73 Å². The van der Waals surface area contributed by atoms with Crippen LogP contribution in [-0.4, -0.2) is 31.3 Å². The number of halogens is 3. The lowest BCUT2D eigenvalue weighted by atomic mass is 9.85. The minimum Gasteiger partial charge on any atom is -0.335 e. The average Bonchev–Trinajstić information content (AvgIpc) is 2.11. The Balaban J connectivity index is 4.23. The summed E-state index contributed by atoms with van der Waals surface area (Å²) in [5, 5.41) is 4.27. The van der Waals surface area contributed by atoms with Crippen molar-refractivity contribution >= 4 is 6.03 Å². The number of carbonyl (C=O) groups is 1. The number of hydrogen-bond donors (Lipinski definition) is 3. The van der Waals surface area contributed by atoms with Gasteiger partial charge in [0.1, 0.15) is 6.54 Å². The second-order valence-electron chi connectivity index (χ2n) is 4.94. The standard InChI is InChI=1S/C10H20F3N3O/c1-9(2,3)7(4-5-14)16-8(17)15-6-10(11,12)13/h7H,4-6,14H2,1-3H3,(H2,15,16,17). The second-order valence-corrected chi connectivity index (χ2v) is 4.94. The Morgan fingerprint density at radius 1 is 1.29 bits per heavy atom. The van der Waals surface area contributed by atoms with Crippen molar-refractivity contribution in [2.75, 3.05) is 13.1 Å². The van der Waals surface area contributed by atoms with Crippen molar-refractivity contribution in [1.82, 2.24) is 10.6 Å². The summed E-state index contributed by atoms with van der Waals surface area (Å²) in [4.78, 5) is 11.3. The van der Waals surface area contributed by atoms with Gasteiger partial charge in [0.25, 0.3) is 0 Å². The van der Waals surface area contributed by atoms with Gasteiger partial charge in [-0.15, -0.1) is 0 Å². The first-order chi connectivity index (χ1) is 7.56. The fourth-order valence-electron chi connectivity index (χ4n) is 1.28. The summed E-state index contributed by atoms with van der Waals surface area (Å²) in [5.41, 5.74) is 5.14. The van der Waals surface area contributed by atoms with Gasteiger partial charge in [0, 0.05) is 6.04 Å². The first kappa shape index (κ1) is 16.0. The Morgan fingerprint density at radius 2 is 1.82 bits per heavy atom. The van der Waals surface area contributed by atoms with Crippen LogP contribution in [0, 0.1) is 5.41 Å². The molecule has 0 aromatic rings. The molecule has 17 heavy (non-hydrogen) atoms. The highest BCUT2D eigenvalue weighted by Crippen LogP contribution is 2.21. The van der Waals surface area contributed by atoms with E-state index in [1.807, 2.05) is 20.8 Å². The topological polar surface area (TPSA) is 67.1 Å². The molecule has 102 valence electrons. The predicted octanol–water partition coefficient (Wildman–Crippen LogP) is 1.61. The lowest BCUT2D eigenvalue weighted by Crippen LogP contribution is -2.50. The maximum atomic E-state index is 11.9. The zero-order valence-electron chi connectivity index (χ0n) is 10.3. The quantitative estimate of drug-likeness (QED) is 0.714. The molecule has 0 radical (unpaired) electrons. The van der Waals surface area contributed by atoms with E-state index in [1.165, 1.54) is 0 Å². The molecule has 1 unspecified atom stereocenters. The third-order valence-corrected chi connectivity index (χ3v) is 2.26. The lowest BCUT2D eigenvalue weighted by Gasteiger charge is -2.31. The molecule has 0 aliphatic carbocycles. The number of nitrogens with two attached hydrogens (primary N) is 1. The molecule has 0 fully saturated rings. The van der Waals surface area contributed by atoms with Crippen LogP contribution in [0.5, 0.6) is 0 Å². The molecular formula is C10H20F3N3O. The molecule has 1 atom stereocenters. The minimum atomic E-state index is -4.40. The summed E-state index contributed by atoms with van der Waals surface area (Å²) < 4.78 is 35.6. The summed E-state index contributed by atoms with van der Waals surface area (Å²) in [6.45, 7) is 4.69. The smallest absolute Gasteiger partial charge is 0.335 e. The number of hydrogen-bond acceptors (Lipinski definition) is 2. The first-order valence-electron chi connectivity index (χ1n) is 5.37. The molecule has 0 aromatic carbocycles. The highest BCUT2D eigenvalue weighted by molar-refractivity contribution is 5.74. The maximum Gasteiger partial charge on any atom is 0.405 e. The van der Waals surface area contributed by atoms with Crippen LogP contribution in [0.3, 0.4) is 0 Å². The van der Waals surface area contributed by atoms with E-state index in [-0.39, 0.29) is 11.5 Å². The molecule has 0 aromatic heterocycles. The monoisotopic (exact) mass is 255 g/mol. The van der Waals surface area contributed by atoms with Crippen LogP contribution in [-0.2, 0) is 0 Å². The van der Waals surface area contributed by atoms with E-state index in [2.05, 4.69) is 5.32 Å². The van der Waals surface area contributed by atoms with Crippen molar-refractivity contribution in [2.24, 2.45) is 11.1 Å². The molecule has 2 amide bonds. The van der Waals surface area contributed by atoms with Gasteiger partial charge in [-0.25, -0.2) is 4.79 Å². The van der Waals surface area contributed by atoms with Gasteiger partial charge < -0.3 is 16.4 Å². The van der Waals surface area contributed by atoms with Crippen molar-refractivity contribution in [1.29, 1.82) is 0 Å². The van der Waals surface area contributed by atoms with E-state index in [0.29, 0.717) is 13.0 Å². The van der Waals surface area contributed by atoms with Crippen molar-refractivity contribution < 1.29 is 18.0 Å². The highest BCUT2D eigenvalue weighted by atomic mass is 19.4. The van der Waals surface area contributed by atoms with E-state index >= 15 is 0 Å². The molecule has 4 N–H and O–H groups in total. The molecule has 0 rings (SSSR count). The van der Waals surface area contributed by atoms with Crippen molar-refractivity contribution in [3.8, 4) is 0 Å². The van der Waals surface area contributed by atoms with Gasteiger partial charge in [-0.3, -0.25) is 0 Å². The normalized spacial score (nSPS) is 14.3. The van der Waals surface area contributed by atoms with E-state index in [1.54, 1.807) is 5.32 Å². The fourth-order valence-corrected chi connectivity index (χ4v) is 1.28. The summed E-state index contributed by atoms with van der Waals surface area (Å²) in [6, 6.07) is -1.09. The van der Waals surface area contributed by atoms with Gasteiger partial charge >= 0.3 is 12.2 Å². The number of rotatable bonds is 4. The van der Waals surface area contributed by atoms with E-state index < -0.39 is 18.8 Å². The third-order valence-electron chi connectivity index (χ3n) is 2.26. The molecular weight excluding hydrogens is 235 g/mol. The van der Waals surface area contributed by atoms with Gasteiger partial charge in [-0.1, -0.05) is 20.8 Å². The molecule has 0 saturated heterocycles. The van der Waals surface area contributed by atoms with Gasteiger partial charge in [-0.2, -0.15) is 13.2 Å². The molecule has 0 saturated carbocycles. The van der Waals surface area contributed by atoms with Gasteiger partial charge in [0.2, 0.25) is 0 Å². The van der Waals surface area contributed by atoms with Crippen LogP contribution in [0.1, 0.15) is 27.2 Å². The Labute approximate surface area is 99.1 Å². The Hall–Kier alpha value is -0.980. The van der Waals surface area contributed by atoms with Crippen LogP contribution >= 0.6 is 0 Å². The van der Waals surface area contributed by atoms with E-state index in [9.17, 15) is 18.0 Å². The zero-order valence-corrected chi connectivity index (χ0v) is 10.3. The lowest BCUT2D eigenvalue weighted by molar-refractivity contribution is -0.122. The maximum absolute atomic E-state index is 11.9.